The average Bonchev–Trinajstić information content (AvgIpc) is 3.28. The quantitative estimate of drug-likeness (QED) is 0.132. The first-order chi connectivity index (χ1) is 20.7. The van der Waals surface area contributed by atoms with E-state index in [9.17, 15) is 0 Å². The fourth-order valence-corrected chi connectivity index (χ4v) is 6.75. The topological polar surface area (TPSA) is 25.8 Å². The van der Waals surface area contributed by atoms with Crippen LogP contribution in [0.15, 0.2) is 128 Å². The van der Waals surface area contributed by atoms with Crippen molar-refractivity contribution < 1.29 is 20.1 Å². The predicted molar refractivity (Wildman–Crippen MR) is 183 cm³/mol. The predicted octanol–water partition coefficient (Wildman–Crippen LogP) is 9.61. The number of hydrogen-bond donors (Lipinski definition) is 0. The molecule has 0 fully saturated rings. The number of pyridine rings is 2. The molecule has 2 nitrogen and oxygen atoms in total. The van der Waals surface area contributed by atoms with Crippen molar-refractivity contribution in [1.82, 2.24) is 9.97 Å². The van der Waals surface area contributed by atoms with Gasteiger partial charge < -0.3 is 9.97 Å². The summed E-state index contributed by atoms with van der Waals surface area (Å²) < 4.78 is 0. The molecule has 0 unspecified atom stereocenters. The molecule has 0 saturated heterocycles. The van der Waals surface area contributed by atoms with Gasteiger partial charge in [-0.3, -0.25) is 0 Å². The number of rotatable bonds is 4. The number of benzene rings is 4. The molecule has 4 heteroatoms. The van der Waals surface area contributed by atoms with Crippen molar-refractivity contribution >= 4 is 13.3 Å². The fraction of sp³-hybridized carbons (Fsp3) is 0.150. The van der Waals surface area contributed by atoms with Crippen LogP contribution in [-0.2, 0) is 25.5 Å². The Labute approximate surface area is 276 Å². The molecule has 4 aromatic carbocycles. The van der Waals surface area contributed by atoms with Gasteiger partial charge in [0.15, 0.2) is 0 Å². The van der Waals surface area contributed by atoms with Gasteiger partial charge in [0.05, 0.1) is 8.07 Å². The van der Waals surface area contributed by atoms with Crippen molar-refractivity contribution in [1.29, 1.82) is 0 Å². The second-order valence-electron chi connectivity index (χ2n) is 12.6. The second kappa shape index (κ2) is 13.0. The van der Waals surface area contributed by atoms with Crippen LogP contribution in [0.25, 0.3) is 44.8 Å². The van der Waals surface area contributed by atoms with E-state index in [1.165, 1.54) is 38.6 Å². The third-order valence-electron chi connectivity index (χ3n) is 8.27. The third-order valence-corrected chi connectivity index (χ3v) is 10.3. The molecule has 0 amide bonds. The summed E-state index contributed by atoms with van der Waals surface area (Å²) in [5.41, 5.74) is 11.7. The zero-order valence-corrected chi connectivity index (χ0v) is 29.2. The number of fused-ring (bicyclic) bond motifs is 3. The van der Waals surface area contributed by atoms with E-state index in [1.807, 2.05) is 48.8 Å². The van der Waals surface area contributed by atoms with Crippen LogP contribution in [0.1, 0.15) is 25.0 Å². The van der Waals surface area contributed by atoms with Crippen LogP contribution in [0.5, 0.6) is 0 Å². The molecule has 2 aromatic heterocycles. The minimum Gasteiger partial charge on any atom is -0.305 e. The monoisotopic (exact) mass is 765 g/mol. The van der Waals surface area contributed by atoms with E-state index in [1.54, 1.807) is 0 Å². The Kier molecular flexibility index (Phi) is 9.27. The van der Waals surface area contributed by atoms with Crippen molar-refractivity contribution in [3.05, 3.63) is 151 Å². The van der Waals surface area contributed by atoms with Crippen LogP contribution in [0.4, 0.5) is 0 Å². The number of hydrogen-bond acceptors (Lipinski definition) is 2. The SMILES string of the molecule is CC1(C)c2ccccc2-c2cnc(-c3[c-]ccc(-c4ccccc4)c3)cc21.C[Si](C)(C)c1ccc(-c2[c-]cccc2)nc1.[Ir]. The summed E-state index contributed by atoms with van der Waals surface area (Å²) in [6.45, 7) is 11.6. The molecule has 1 aliphatic rings. The van der Waals surface area contributed by atoms with Gasteiger partial charge in [-0.05, 0) is 38.8 Å². The van der Waals surface area contributed by atoms with Crippen molar-refractivity contribution in [3.8, 4) is 44.8 Å². The van der Waals surface area contributed by atoms with Gasteiger partial charge in [0.2, 0.25) is 0 Å². The van der Waals surface area contributed by atoms with Gasteiger partial charge in [0.1, 0.15) is 0 Å². The summed E-state index contributed by atoms with van der Waals surface area (Å²) >= 11 is 0. The molecule has 1 radical (unpaired) electrons. The maximum Gasteiger partial charge on any atom is 0.0795 e. The molecule has 0 spiro atoms. The van der Waals surface area contributed by atoms with E-state index in [4.69, 9.17) is 4.98 Å². The first-order valence-corrected chi connectivity index (χ1v) is 18.3. The summed E-state index contributed by atoms with van der Waals surface area (Å²) in [6.07, 6.45) is 4.05. The van der Waals surface area contributed by atoms with Crippen LogP contribution in [0, 0.1) is 12.1 Å². The molecule has 0 saturated carbocycles. The van der Waals surface area contributed by atoms with Gasteiger partial charge in [-0.15, -0.1) is 71.3 Å². The van der Waals surface area contributed by atoms with Gasteiger partial charge in [-0.2, -0.15) is 0 Å². The van der Waals surface area contributed by atoms with E-state index in [-0.39, 0.29) is 25.5 Å². The third kappa shape index (κ3) is 6.44. The van der Waals surface area contributed by atoms with Crippen LogP contribution in [-0.4, -0.2) is 18.0 Å². The molecule has 0 bridgehead atoms. The summed E-state index contributed by atoms with van der Waals surface area (Å²) in [6, 6.07) is 46.4. The Hall–Kier alpha value is -3.95. The van der Waals surface area contributed by atoms with Gasteiger partial charge >= 0.3 is 0 Å². The first-order valence-electron chi connectivity index (χ1n) is 14.8. The molecule has 6 aromatic rings. The molecule has 221 valence electrons. The largest absolute Gasteiger partial charge is 0.305 e. The standard InChI is InChI=1S/C26H20N.C14H16NSi.Ir/c1-26(2)23-14-7-6-13-21(23)22-17-27-25(16-24(22)26)20-12-8-11-19(15-20)18-9-4-3-5-10-18;1-16(2,3)13-9-10-14(15-11-13)12-7-5-4-6-8-12;/h3-11,13-17H,1-2H3;4-7,9-11H,1-3H3;/q2*-1;. The van der Waals surface area contributed by atoms with Crippen LogP contribution >= 0.6 is 0 Å². The summed E-state index contributed by atoms with van der Waals surface area (Å²) in [4.78, 5) is 9.31. The Morgan fingerprint density at radius 2 is 1.27 bits per heavy atom. The van der Waals surface area contributed by atoms with E-state index in [2.05, 4.69) is 129 Å². The van der Waals surface area contributed by atoms with Gasteiger partial charge in [-0.1, -0.05) is 106 Å². The maximum atomic E-state index is 4.79. The zero-order chi connectivity index (χ0) is 30.0. The van der Waals surface area contributed by atoms with Crippen LogP contribution < -0.4 is 5.19 Å². The minimum atomic E-state index is -1.23. The first kappa shape index (κ1) is 31.5. The molecular weight excluding hydrogens is 729 g/mol. The maximum absolute atomic E-state index is 4.79. The Morgan fingerprint density at radius 1 is 0.568 bits per heavy atom. The molecule has 2 heterocycles. The van der Waals surface area contributed by atoms with Crippen molar-refractivity contribution in [3.63, 3.8) is 0 Å². The minimum absolute atomic E-state index is 0. The van der Waals surface area contributed by atoms with Crippen LogP contribution in [0.2, 0.25) is 19.6 Å². The molecule has 0 aliphatic heterocycles. The summed E-state index contributed by atoms with van der Waals surface area (Å²) in [7, 11) is -1.23. The molecule has 0 atom stereocenters. The fourth-order valence-electron chi connectivity index (χ4n) is 5.72. The van der Waals surface area contributed by atoms with E-state index < -0.39 is 8.07 Å². The number of nitrogens with zero attached hydrogens (tertiary/aromatic N) is 2. The average molecular weight is 765 g/mol. The smallest absolute Gasteiger partial charge is 0.0795 e. The summed E-state index contributed by atoms with van der Waals surface area (Å²) in [5, 5.41) is 1.40. The van der Waals surface area contributed by atoms with Crippen LogP contribution in [0.3, 0.4) is 0 Å². The molecule has 7 rings (SSSR count). The van der Waals surface area contributed by atoms with Gasteiger partial charge in [-0.25, -0.2) is 0 Å². The zero-order valence-electron chi connectivity index (χ0n) is 25.9. The van der Waals surface area contributed by atoms with E-state index in [0.717, 1.165) is 22.5 Å². The Balaban J connectivity index is 0.000000194. The van der Waals surface area contributed by atoms with Gasteiger partial charge in [0.25, 0.3) is 0 Å². The molecule has 44 heavy (non-hydrogen) atoms. The van der Waals surface area contributed by atoms with E-state index in [0.29, 0.717) is 0 Å². The second-order valence-corrected chi connectivity index (χ2v) is 17.7. The van der Waals surface area contributed by atoms with E-state index >= 15 is 0 Å². The molecule has 0 N–H and O–H groups in total. The van der Waals surface area contributed by atoms with Crippen molar-refractivity contribution in [2.75, 3.05) is 0 Å². The molecule has 1 aliphatic carbocycles. The summed E-state index contributed by atoms with van der Waals surface area (Å²) in [5.74, 6) is 0. The Morgan fingerprint density at radius 3 is 1.98 bits per heavy atom. The molecular formula is C40H36IrN2Si-2. The van der Waals surface area contributed by atoms with Crippen molar-refractivity contribution in [2.24, 2.45) is 0 Å². The number of aromatic nitrogens is 2. The normalized spacial score (nSPS) is 12.7. The Bertz CT molecular complexity index is 1860. The van der Waals surface area contributed by atoms with Gasteiger partial charge in [0, 0.05) is 43.5 Å². The van der Waals surface area contributed by atoms with Crippen molar-refractivity contribution in [2.45, 2.75) is 38.9 Å².